The van der Waals surface area contributed by atoms with Gasteiger partial charge in [0.2, 0.25) is 11.8 Å². The van der Waals surface area contributed by atoms with Crippen LogP contribution in [0.1, 0.15) is 38.9 Å². The number of amides is 2. The molecular formula is C19H29Cl2N5O2. The van der Waals surface area contributed by atoms with E-state index in [0.29, 0.717) is 5.69 Å². The maximum Gasteiger partial charge on any atom is 0.243 e. The number of aromatic nitrogens is 2. The van der Waals surface area contributed by atoms with Gasteiger partial charge in [-0.25, -0.2) is 4.98 Å². The third kappa shape index (κ3) is 5.59. The van der Waals surface area contributed by atoms with E-state index in [-0.39, 0.29) is 49.1 Å². The Morgan fingerprint density at radius 3 is 2.68 bits per heavy atom. The van der Waals surface area contributed by atoms with Crippen molar-refractivity contribution in [1.82, 2.24) is 14.9 Å². The summed E-state index contributed by atoms with van der Waals surface area (Å²) in [5.41, 5.74) is 8.45. The van der Waals surface area contributed by atoms with Crippen LogP contribution in [-0.2, 0) is 22.6 Å². The Kier molecular flexibility index (Phi) is 9.20. The molecule has 0 radical (unpaired) electrons. The van der Waals surface area contributed by atoms with E-state index in [1.165, 1.54) is 19.3 Å². The highest BCUT2D eigenvalue weighted by atomic mass is 35.5. The van der Waals surface area contributed by atoms with E-state index in [2.05, 4.69) is 15.2 Å². The average molecular weight is 430 g/mol. The van der Waals surface area contributed by atoms with Crippen molar-refractivity contribution in [3.8, 4) is 0 Å². The molecule has 0 saturated heterocycles. The van der Waals surface area contributed by atoms with Crippen molar-refractivity contribution in [3.63, 3.8) is 0 Å². The van der Waals surface area contributed by atoms with E-state index in [4.69, 9.17) is 10.7 Å². The highest BCUT2D eigenvalue weighted by Gasteiger charge is 2.18. The number of rotatable bonds is 5. The minimum atomic E-state index is -0.611. The zero-order valence-corrected chi connectivity index (χ0v) is 17.9. The van der Waals surface area contributed by atoms with Crippen LogP contribution in [0.15, 0.2) is 18.2 Å². The third-order valence-corrected chi connectivity index (χ3v) is 4.84. The van der Waals surface area contributed by atoms with Crippen LogP contribution in [0.2, 0.25) is 0 Å². The van der Waals surface area contributed by atoms with Crippen LogP contribution >= 0.6 is 24.8 Å². The minimum absolute atomic E-state index is 0. The van der Waals surface area contributed by atoms with Crippen molar-refractivity contribution >= 4 is 53.3 Å². The molecule has 1 atom stereocenters. The molecule has 0 saturated carbocycles. The number of nitrogens with one attached hydrogen (secondary N) is 2. The molecule has 1 aromatic heterocycles. The van der Waals surface area contributed by atoms with Crippen molar-refractivity contribution in [3.05, 3.63) is 24.0 Å². The minimum Gasteiger partial charge on any atom is -0.346 e. The van der Waals surface area contributed by atoms with E-state index in [1.807, 2.05) is 32.0 Å². The normalized spacial score (nSPS) is 14.3. The van der Waals surface area contributed by atoms with Gasteiger partial charge < -0.3 is 20.9 Å². The maximum atomic E-state index is 12.1. The van der Waals surface area contributed by atoms with Gasteiger partial charge in [-0.05, 0) is 37.0 Å². The quantitative estimate of drug-likeness (QED) is 0.679. The zero-order valence-electron chi connectivity index (χ0n) is 16.2. The topological polar surface area (TPSA) is 102 Å². The number of carbonyl (C=O) groups excluding carboxylic acids is 2. The summed E-state index contributed by atoms with van der Waals surface area (Å²) in [6.45, 7) is 4.63. The Balaban J connectivity index is 0.00000196. The molecule has 9 heteroatoms. The molecule has 0 bridgehead atoms. The van der Waals surface area contributed by atoms with Gasteiger partial charge in [0.15, 0.2) is 0 Å². The SMILES string of the molecule is CC(C)[C@H](N)C(=O)NCC(=O)Nc1ccc2c(c1)nc1n2CCCCC1.Cl.Cl. The molecule has 1 aliphatic heterocycles. The fourth-order valence-corrected chi connectivity index (χ4v) is 3.22. The average Bonchev–Trinajstić information content (AvgIpc) is 2.79. The second-order valence-electron chi connectivity index (χ2n) is 7.23. The summed E-state index contributed by atoms with van der Waals surface area (Å²) >= 11 is 0. The lowest BCUT2D eigenvalue weighted by Crippen LogP contribution is -2.46. The van der Waals surface area contributed by atoms with Crippen molar-refractivity contribution in [1.29, 1.82) is 0 Å². The molecule has 0 unspecified atom stereocenters. The Labute approximate surface area is 177 Å². The second kappa shape index (κ2) is 10.6. The highest BCUT2D eigenvalue weighted by Crippen LogP contribution is 2.24. The molecule has 7 nitrogen and oxygen atoms in total. The number of halogens is 2. The van der Waals surface area contributed by atoms with Gasteiger partial charge in [-0.1, -0.05) is 20.3 Å². The first kappa shape index (κ1) is 24.2. The molecule has 2 amide bonds. The van der Waals surface area contributed by atoms with Crippen LogP contribution in [-0.4, -0.2) is 34.0 Å². The number of carbonyl (C=O) groups is 2. The lowest BCUT2D eigenvalue weighted by atomic mass is 10.1. The molecule has 28 heavy (non-hydrogen) atoms. The summed E-state index contributed by atoms with van der Waals surface area (Å²) in [7, 11) is 0. The molecule has 0 spiro atoms. The Morgan fingerprint density at radius 2 is 1.96 bits per heavy atom. The lowest BCUT2D eigenvalue weighted by molar-refractivity contribution is -0.125. The molecule has 2 aromatic rings. The van der Waals surface area contributed by atoms with Crippen LogP contribution in [0.5, 0.6) is 0 Å². The van der Waals surface area contributed by atoms with Gasteiger partial charge in [-0.15, -0.1) is 24.8 Å². The summed E-state index contributed by atoms with van der Waals surface area (Å²) in [5.74, 6) is 0.547. The lowest BCUT2D eigenvalue weighted by Gasteiger charge is -2.15. The Morgan fingerprint density at radius 1 is 1.21 bits per heavy atom. The van der Waals surface area contributed by atoms with Crippen LogP contribution in [0.4, 0.5) is 5.69 Å². The number of nitrogens with two attached hydrogens (primary N) is 1. The van der Waals surface area contributed by atoms with Gasteiger partial charge in [-0.2, -0.15) is 0 Å². The number of benzene rings is 1. The first-order valence-corrected chi connectivity index (χ1v) is 9.28. The van der Waals surface area contributed by atoms with Crippen molar-refractivity contribution in [2.45, 2.75) is 52.1 Å². The predicted molar refractivity (Wildman–Crippen MR) is 116 cm³/mol. The Bertz CT molecular complexity index is 822. The van der Waals surface area contributed by atoms with Crippen molar-refractivity contribution in [2.75, 3.05) is 11.9 Å². The first-order chi connectivity index (χ1) is 12.5. The second-order valence-corrected chi connectivity index (χ2v) is 7.23. The third-order valence-electron chi connectivity index (χ3n) is 4.84. The smallest absolute Gasteiger partial charge is 0.243 e. The summed E-state index contributed by atoms with van der Waals surface area (Å²) < 4.78 is 2.28. The molecule has 2 heterocycles. The molecule has 1 aromatic carbocycles. The predicted octanol–water partition coefficient (Wildman–Crippen LogP) is 2.64. The monoisotopic (exact) mass is 429 g/mol. The number of fused-ring (bicyclic) bond motifs is 3. The molecule has 0 aliphatic carbocycles. The molecule has 0 fully saturated rings. The molecular weight excluding hydrogens is 401 g/mol. The van der Waals surface area contributed by atoms with Crippen LogP contribution in [0.25, 0.3) is 11.0 Å². The summed E-state index contributed by atoms with van der Waals surface area (Å²) in [4.78, 5) is 28.6. The van der Waals surface area contributed by atoms with Crippen LogP contribution in [0, 0.1) is 5.92 Å². The number of hydrogen-bond donors (Lipinski definition) is 3. The number of anilines is 1. The summed E-state index contributed by atoms with van der Waals surface area (Å²) in [5, 5.41) is 5.38. The van der Waals surface area contributed by atoms with Crippen molar-refractivity contribution in [2.24, 2.45) is 11.7 Å². The van der Waals surface area contributed by atoms with Gasteiger partial charge >= 0.3 is 0 Å². The van der Waals surface area contributed by atoms with Crippen LogP contribution in [0.3, 0.4) is 0 Å². The van der Waals surface area contributed by atoms with Crippen LogP contribution < -0.4 is 16.4 Å². The van der Waals surface area contributed by atoms with Gasteiger partial charge in [0, 0.05) is 18.7 Å². The molecule has 3 rings (SSSR count). The van der Waals surface area contributed by atoms with Gasteiger partial charge in [0.25, 0.3) is 0 Å². The molecule has 1 aliphatic rings. The highest BCUT2D eigenvalue weighted by molar-refractivity contribution is 5.96. The number of nitrogens with zero attached hydrogens (tertiary/aromatic N) is 2. The van der Waals surface area contributed by atoms with Gasteiger partial charge in [0.1, 0.15) is 5.82 Å². The molecule has 156 valence electrons. The van der Waals surface area contributed by atoms with E-state index >= 15 is 0 Å². The maximum absolute atomic E-state index is 12.1. The van der Waals surface area contributed by atoms with E-state index in [0.717, 1.165) is 29.8 Å². The summed E-state index contributed by atoms with van der Waals surface area (Å²) in [6, 6.07) is 5.15. The van der Waals surface area contributed by atoms with Gasteiger partial charge in [0.05, 0.1) is 23.6 Å². The van der Waals surface area contributed by atoms with E-state index in [9.17, 15) is 9.59 Å². The summed E-state index contributed by atoms with van der Waals surface area (Å²) in [6.07, 6.45) is 4.59. The fourth-order valence-electron chi connectivity index (χ4n) is 3.22. The van der Waals surface area contributed by atoms with Gasteiger partial charge in [-0.3, -0.25) is 9.59 Å². The number of hydrogen-bond acceptors (Lipinski definition) is 4. The first-order valence-electron chi connectivity index (χ1n) is 9.28. The Hall–Kier alpha value is -1.83. The fraction of sp³-hybridized carbons (Fsp3) is 0.526. The zero-order chi connectivity index (χ0) is 18.7. The number of aryl methyl sites for hydroxylation is 2. The molecule has 4 N–H and O–H groups in total. The van der Waals surface area contributed by atoms with Crippen molar-refractivity contribution < 1.29 is 9.59 Å². The standard InChI is InChI=1S/C19H27N5O2.2ClH/c1-12(2)18(20)19(26)21-11-17(25)22-13-7-8-15-14(10-13)23-16-6-4-3-5-9-24(15)16;;/h7-8,10,12,18H,3-6,9,11,20H2,1-2H3,(H,21,26)(H,22,25);2*1H/t18-;;/m0../s1. The largest absolute Gasteiger partial charge is 0.346 e. The number of imidazole rings is 1. The van der Waals surface area contributed by atoms with E-state index < -0.39 is 6.04 Å². The van der Waals surface area contributed by atoms with E-state index in [1.54, 1.807) is 0 Å².